The van der Waals surface area contributed by atoms with Crippen LogP contribution in [0, 0.1) is 0 Å². The summed E-state index contributed by atoms with van der Waals surface area (Å²) in [5.41, 5.74) is 1.50. The fourth-order valence-corrected chi connectivity index (χ4v) is 3.35. The van der Waals surface area contributed by atoms with Crippen LogP contribution in [0.2, 0.25) is 0 Å². The predicted molar refractivity (Wildman–Crippen MR) is 72.0 cm³/mol. The van der Waals surface area contributed by atoms with E-state index < -0.39 is 0 Å². The van der Waals surface area contributed by atoms with E-state index in [4.69, 9.17) is 0 Å². The Labute approximate surface area is 101 Å². The first kappa shape index (κ1) is 10.0. The normalized spacial score (nSPS) is 14.8. The van der Waals surface area contributed by atoms with Crippen LogP contribution in [0.15, 0.2) is 41.3 Å². The highest BCUT2D eigenvalue weighted by atomic mass is 32.2. The SMILES string of the molecule is CC(C)(C)N1Sc2cccc3cccc1c23. The van der Waals surface area contributed by atoms with Crippen molar-refractivity contribution in [2.75, 3.05) is 4.31 Å². The summed E-state index contributed by atoms with van der Waals surface area (Å²) < 4.78 is 2.41. The molecule has 3 rings (SSSR count). The van der Waals surface area contributed by atoms with Crippen LogP contribution in [0.1, 0.15) is 20.8 Å². The lowest BCUT2D eigenvalue weighted by Crippen LogP contribution is -2.34. The standard InChI is InChI=1S/C14H15NS/c1-14(2,3)15-11-8-4-6-10-7-5-9-12(16-15)13(10)11/h4-9H,1-3H3. The molecule has 0 spiro atoms. The van der Waals surface area contributed by atoms with Crippen molar-refractivity contribution in [1.29, 1.82) is 0 Å². The summed E-state index contributed by atoms with van der Waals surface area (Å²) >= 11 is 1.85. The third-order valence-electron chi connectivity index (χ3n) is 2.86. The first-order valence-corrected chi connectivity index (χ1v) is 6.35. The second-order valence-electron chi connectivity index (χ2n) is 5.19. The van der Waals surface area contributed by atoms with Gasteiger partial charge in [0, 0.05) is 15.8 Å². The Balaban J connectivity index is 2.29. The predicted octanol–water partition coefficient (Wildman–Crippen LogP) is 4.47. The minimum atomic E-state index is 0.151. The Bertz CT molecular complexity index is 549. The lowest BCUT2D eigenvalue weighted by Gasteiger charge is -2.32. The highest BCUT2D eigenvalue weighted by Gasteiger charge is 2.30. The Morgan fingerprint density at radius 1 is 1.00 bits per heavy atom. The maximum Gasteiger partial charge on any atom is 0.0569 e. The van der Waals surface area contributed by atoms with E-state index in [1.54, 1.807) is 0 Å². The van der Waals surface area contributed by atoms with Gasteiger partial charge in [0.25, 0.3) is 0 Å². The van der Waals surface area contributed by atoms with Gasteiger partial charge in [0.2, 0.25) is 0 Å². The van der Waals surface area contributed by atoms with Gasteiger partial charge < -0.3 is 4.31 Å². The fraction of sp³-hybridized carbons (Fsp3) is 0.286. The number of rotatable bonds is 0. The zero-order chi connectivity index (χ0) is 11.3. The van der Waals surface area contributed by atoms with E-state index in [1.807, 2.05) is 11.9 Å². The molecule has 0 saturated carbocycles. The van der Waals surface area contributed by atoms with Crippen molar-refractivity contribution < 1.29 is 0 Å². The molecule has 2 heteroatoms. The summed E-state index contributed by atoms with van der Waals surface area (Å²) in [5, 5.41) is 2.75. The van der Waals surface area contributed by atoms with Crippen LogP contribution < -0.4 is 4.31 Å². The zero-order valence-electron chi connectivity index (χ0n) is 9.82. The summed E-state index contributed by atoms with van der Waals surface area (Å²) in [5.74, 6) is 0. The van der Waals surface area contributed by atoms with Crippen molar-refractivity contribution in [3.05, 3.63) is 36.4 Å². The minimum absolute atomic E-state index is 0.151. The molecular weight excluding hydrogens is 214 g/mol. The Kier molecular flexibility index (Phi) is 1.99. The quantitative estimate of drug-likeness (QED) is 0.613. The van der Waals surface area contributed by atoms with Gasteiger partial charge in [0.15, 0.2) is 0 Å². The average molecular weight is 229 g/mol. The highest BCUT2D eigenvalue weighted by Crippen LogP contribution is 2.49. The molecule has 1 aliphatic rings. The van der Waals surface area contributed by atoms with Crippen molar-refractivity contribution in [3.8, 4) is 0 Å². The topological polar surface area (TPSA) is 3.24 Å². The van der Waals surface area contributed by atoms with E-state index in [2.05, 4.69) is 61.5 Å². The summed E-state index contributed by atoms with van der Waals surface area (Å²) in [7, 11) is 0. The monoisotopic (exact) mass is 229 g/mol. The van der Waals surface area contributed by atoms with Gasteiger partial charge >= 0.3 is 0 Å². The van der Waals surface area contributed by atoms with E-state index in [0.29, 0.717) is 0 Å². The molecular formula is C14H15NS. The molecule has 0 bridgehead atoms. The van der Waals surface area contributed by atoms with Crippen molar-refractivity contribution in [3.63, 3.8) is 0 Å². The maximum atomic E-state index is 2.41. The van der Waals surface area contributed by atoms with Gasteiger partial charge in [0.05, 0.1) is 5.69 Å². The molecule has 2 aromatic rings. The molecule has 0 atom stereocenters. The lowest BCUT2D eigenvalue weighted by molar-refractivity contribution is 0.592. The molecule has 2 aromatic carbocycles. The van der Waals surface area contributed by atoms with Crippen LogP contribution in [0.4, 0.5) is 5.69 Å². The molecule has 0 fully saturated rings. The molecule has 1 nitrogen and oxygen atoms in total. The van der Waals surface area contributed by atoms with Crippen molar-refractivity contribution >= 4 is 28.4 Å². The molecule has 82 valence electrons. The molecule has 0 aromatic heterocycles. The van der Waals surface area contributed by atoms with E-state index in [0.717, 1.165) is 0 Å². The number of hydrogen-bond donors (Lipinski definition) is 0. The Morgan fingerprint density at radius 2 is 1.69 bits per heavy atom. The van der Waals surface area contributed by atoms with Gasteiger partial charge in [-0.25, -0.2) is 0 Å². The van der Waals surface area contributed by atoms with Crippen molar-refractivity contribution in [2.24, 2.45) is 0 Å². The molecule has 0 aliphatic carbocycles. The van der Waals surface area contributed by atoms with Gasteiger partial charge in [0.1, 0.15) is 0 Å². The molecule has 16 heavy (non-hydrogen) atoms. The zero-order valence-corrected chi connectivity index (χ0v) is 10.6. The number of anilines is 1. The number of benzene rings is 2. The third kappa shape index (κ3) is 1.33. The van der Waals surface area contributed by atoms with Gasteiger partial charge in [-0.1, -0.05) is 24.3 Å². The largest absolute Gasteiger partial charge is 0.306 e. The molecule has 0 unspecified atom stereocenters. The van der Waals surface area contributed by atoms with E-state index in [1.165, 1.54) is 21.4 Å². The second-order valence-corrected chi connectivity index (χ2v) is 6.18. The van der Waals surface area contributed by atoms with Gasteiger partial charge in [-0.3, -0.25) is 0 Å². The maximum absolute atomic E-state index is 2.41. The summed E-state index contributed by atoms with van der Waals surface area (Å²) in [6.45, 7) is 6.76. The van der Waals surface area contributed by atoms with Gasteiger partial charge in [-0.05, 0) is 50.2 Å². The van der Waals surface area contributed by atoms with Gasteiger partial charge in [-0.15, -0.1) is 0 Å². The second kappa shape index (κ2) is 3.17. The molecule has 1 aliphatic heterocycles. The van der Waals surface area contributed by atoms with Crippen LogP contribution >= 0.6 is 11.9 Å². The summed E-state index contributed by atoms with van der Waals surface area (Å²) in [4.78, 5) is 1.38. The fourth-order valence-electron chi connectivity index (χ4n) is 2.18. The van der Waals surface area contributed by atoms with Crippen molar-refractivity contribution in [1.82, 2.24) is 0 Å². The molecule has 1 heterocycles. The van der Waals surface area contributed by atoms with Crippen LogP contribution in [-0.2, 0) is 0 Å². The van der Waals surface area contributed by atoms with E-state index >= 15 is 0 Å². The van der Waals surface area contributed by atoms with Crippen LogP contribution in [0.3, 0.4) is 0 Å². The lowest BCUT2D eigenvalue weighted by atomic mass is 10.0. The first-order chi connectivity index (χ1) is 7.57. The highest BCUT2D eigenvalue weighted by molar-refractivity contribution is 8.01. The van der Waals surface area contributed by atoms with E-state index in [-0.39, 0.29) is 5.54 Å². The summed E-state index contributed by atoms with van der Waals surface area (Å²) in [6.07, 6.45) is 0. The third-order valence-corrected chi connectivity index (χ3v) is 4.33. The van der Waals surface area contributed by atoms with Crippen LogP contribution in [0.5, 0.6) is 0 Å². The van der Waals surface area contributed by atoms with Crippen LogP contribution in [0.25, 0.3) is 10.8 Å². The number of hydrogen-bond acceptors (Lipinski definition) is 2. The Hall–Kier alpha value is -1.15. The van der Waals surface area contributed by atoms with E-state index in [9.17, 15) is 0 Å². The molecule has 0 N–H and O–H groups in total. The van der Waals surface area contributed by atoms with Crippen molar-refractivity contribution in [2.45, 2.75) is 31.2 Å². The molecule has 0 amide bonds. The van der Waals surface area contributed by atoms with Crippen LogP contribution in [-0.4, -0.2) is 5.54 Å². The summed E-state index contributed by atoms with van der Waals surface area (Å²) in [6, 6.07) is 13.1. The Morgan fingerprint density at radius 3 is 2.38 bits per heavy atom. The first-order valence-electron chi connectivity index (χ1n) is 5.57. The molecule has 0 saturated heterocycles. The number of nitrogens with zero attached hydrogens (tertiary/aromatic N) is 1. The molecule has 0 radical (unpaired) electrons. The smallest absolute Gasteiger partial charge is 0.0569 e. The van der Waals surface area contributed by atoms with Gasteiger partial charge in [-0.2, -0.15) is 0 Å². The minimum Gasteiger partial charge on any atom is -0.306 e. The average Bonchev–Trinajstić information content (AvgIpc) is 2.60.